The summed E-state index contributed by atoms with van der Waals surface area (Å²) in [7, 11) is -3.57. The molecule has 124 valence electrons. The largest absolute Gasteiger partial charge is 0.371 e. The van der Waals surface area contributed by atoms with Crippen molar-refractivity contribution in [3.05, 3.63) is 41.8 Å². The zero-order chi connectivity index (χ0) is 16.4. The number of nitrogens with zero attached hydrogens (tertiary/aromatic N) is 2. The van der Waals surface area contributed by atoms with Gasteiger partial charge in [-0.05, 0) is 38.3 Å². The molecule has 0 aliphatic carbocycles. The van der Waals surface area contributed by atoms with E-state index in [4.69, 9.17) is 4.52 Å². The molecule has 1 aliphatic rings. The SMILES string of the molecule is Cc1noc(C)c1S(=O)(=O)NC[C@H]1CCN(c2ccccc2)C1. The first-order valence-corrected chi connectivity index (χ1v) is 9.18. The molecule has 0 bridgehead atoms. The lowest BCUT2D eigenvalue weighted by atomic mass is 10.1. The molecule has 0 unspecified atom stereocenters. The van der Waals surface area contributed by atoms with Gasteiger partial charge in [0.2, 0.25) is 10.0 Å². The molecular formula is C16H21N3O3S. The van der Waals surface area contributed by atoms with Gasteiger partial charge in [0.05, 0.1) is 0 Å². The monoisotopic (exact) mass is 335 g/mol. The molecule has 1 aromatic heterocycles. The van der Waals surface area contributed by atoms with Crippen LogP contribution in [0.3, 0.4) is 0 Å². The first-order chi connectivity index (χ1) is 11.0. The highest BCUT2D eigenvalue weighted by atomic mass is 32.2. The molecule has 7 heteroatoms. The number of aromatic nitrogens is 1. The van der Waals surface area contributed by atoms with Crippen molar-refractivity contribution in [1.82, 2.24) is 9.88 Å². The Morgan fingerprint density at radius 3 is 2.70 bits per heavy atom. The van der Waals surface area contributed by atoms with Gasteiger partial charge < -0.3 is 9.42 Å². The molecule has 1 N–H and O–H groups in total. The Kier molecular flexibility index (Phi) is 4.41. The fraction of sp³-hybridized carbons (Fsp3) is 0.438. The van der Waals surface area contributed by atoms with E-state index in [-0.39, 0.29) is 4.90 Å². The van der Waals surface area contributed by atoms with Crippen molar-refractivity contribution in [2.75, 3.05) is 24.5 Å². The van der Waals surface area contributed by atoms with Crippen LogP contribution in [0.1, 0.15) is 17.9 Å². The minimum Gasteiger partial charge on any atom is -0.371 e. The summed E-state index contributed by atoms with van der Waals surface area (Å²) in [6.07, 6.45) is 0.971. The van der Waals surface area contributed by atoms with Crippen LogP contribution in [0.25, 0.3) is 0 Å². The zero-order valence-electron chi connectivity index (χ0n) is 13.3. The van der Waals surface area contributed by atoms with Crippen molar-refractivity contribution < 1.29 is 12.9 Å². The maximum absolute atomic E-state index is 12.4. The second-order valence-corrected chi connectivity index (χ2v) is 7.65. The quantitative estimate of drug-likeness (QED) is 0.905. The van der Waals surface area contributed by atoms with Crippen molar-refractivity contribution >= 4 is 15.7 Å². The van der Waals surface area contributed by atoms with Crippen molar-refractivity contribution in [2.45, 2.75) is 25.2 Å². The number of hydrogen-bond acceptors (Lipinski definition) is 5. The van der Waals surface area contributed by atoms with Gasteiger partial charge in [-0.1, -0.05) is 23.4 Å². The standard InChI is InChI=1S/C16H21N3O3S/c1-12-16(13(2)22-18-12)23(20,21)17-10-14-8-9-19(11-14)15-6-4-3-5-7-15/h3-7,14,17H,8-11H2,1-2H3/t14-/m1/s1. The van der Waals surface area contributed by atoms with Gasteiger partial charge in [0.1, 0.15) is 10.6 Å². The topological polar surface area (TPSA) is 75.4 Å². The first kappa shape index (κ1) is 16.0. The number of para-hydroxylation sites is 1. The summed E-state index contributed by atoms with van der Waals surface area (Å²) < 4.78 is 32.5. The summed E-state index contributed by atoms with van der Waals surface area (Å²) in [4.78, 5) is 2.45. The third-order valence-electron chi connectivity index (χ3n) is 4.21. The Labute approximate surface area is 136 Å². The van der Waals surface area contributed by atoms with Crippen LogP contribution in [0.15, 0.2) is 39.8 Å². The smallest absolute Gasteiger partial charge is 0.245 e. The summed E-state index contributed by atoms with van der Waals surface area (Å²) in [6.45, 7) is 5.48. The Hall–Kier alpha value is -1.86. The second kappa shape index (κ2) is 6.33. The average molecular weight is 335 g/mol. The van der Waals surface area contributed by atoms with Gasteiger partial charge in [0.15, 0.2) is 5.76 Å². The molecule has 2 heterocycles. The molecule has 2 aromatic rings. The molecular weight excluding hydrogens is 314 g/mol. The van der Waals surface area contributed by atoms with Gasteiger partial charge in [-0.3, -0.25) is 0 Å². The van der Waals surface area contributed by atoms with Gasteiger partial charge in [0, 0.05) is 25.3 Å². The van der Waals surface area contributed by atoms with Crippen LogP contribution in [0, 0.1) is 19.8 Å². The number of rotatable bonds is 5. The van der Waals surface area contributed by atoms with Crippen LogP contribution in [0.4, 0.5) is 5.69 Å². The van der Waals surface area contributed by atoms with E-state index in [0.717, 1.165) is 19.5 Å². The number of aryl methyl sites for hydroxylation is 2. The summed E-state index contributed by atoms with van der Waals surface area (Å²) >= 11 is 0. The van der Waals surface area contributed by atoms with Crippen LogP contribution in [-0.4, -0.2) is 33.2 Å². The summed E-state index contributed by atoms with van der Waals surface area (Å²) in [6, 6.07) is 10.2. The Bertz CT molecular complexity index is 752. The first-order valence-electron chi connectivity index (χ1n) is 7.70. The van der Waals surface area contributed by atoms with E-state index in [9.17, 15) is 8.42 Å². The van der Waals surface area contributed by atoms with E-state index in [0.29, 0.717) is 23.9 Å². The second-order valence-electron chi connectivity index (χ2n) is 5.94. The lowest BCUT2D eigenvalue weighted by Gasteiger charge is -2.18. The average Bonchev–Trinajstić information content (AvgIpc) is 3.13. The van der Waals surface area contributed by atoms with Crippen molar-refractivity contribution in [2.24, 2.45) is 5.92 Å². The van der Waals surface area contributed by atoms with Gasteiger partial charge in [-0.25, -0.2) is 13.1 Å². The highest BCUT2D eigenvalue weighted by molar-refractivity contribution is 7.89. The molecule has 6 nitrogen and oxygen atoms in total. The van der Waals surface area contributed by atoms with Crippen LogP contribution < -0.4 is 9.62 Å². The van der Waals surface area contributed by atoms with E-state index in [1.165, 1.54) is 5.69 Å². The summed E-state index contributed by atoms with van der Waals surface area (Å²) in [5.74, 6) is 0.623. The van der Waals surface area contributed by atoms with Crippen molar-refractivity contribution in [3.63, 3.8) is 0 Å². The van der Waals surface area contributed by atoms with E-state index in [1.807, 2.05) is 18.2 Å². The summed E-state index contributed by atoms with van der Waals surface area (Å²) in [5, 5.41) is 3.71. The minimum absolute atomic E-state index is 0.162. The molecule has 0 saturated carbocycles. The van der Waals surface area contributed by atoms with Crippen LogP contribution in [0.5, 0.6) is 0 Å². The predicted octanol–water partition coefficient (Wildman–Crippen LogP) is 2.10. The molecule has 1 fully saturated rings. The molecule has 1 saturated heterocycles. The van der Waals surface area contributed by atoms with Crippen LogP contribution in [0.2, 0.25) is 0 Å². The molecule has 1 aliphatic heterocycles. The maximum Gasteiger partial charge on any atom is 0.245 e. The van der Waals surface area contributed by atoms with Gasteiger partial charge in [0.25, 0.3) is 0 Å². The molecule has 0 spiro atoms. The van der Waals surface area contributed by atoms with Crippen molar-refractivity contribution in [3.8, 4) is 0 Å². The maximum atomic E-state index is 12.4. The fourth-order valence-electron chi connectivity index (χ4n) is 3.03. The van der Waals surface area contributed by atoms with Gasteiger partial charge in [-0.15, -0.1) is 0 Å². The molecule has 0 radical (unpaired) electrons. The highest BCUT2D eigenvalue weighted by Crippen LogP contribution is 2.24. The lowest BCUT2D eigenvalue weighted by Crippen LogP contribution is -2.31. The Morgan fingerprint density at radius 2 is 2.04 bits per heavy atom. The third kappa shape index (κ3) is 3.40. The Morgan fingerprint density at radius 1 is 1.30 bits per heavy atom. The number of benzene rings is 1. The molecule has 0 amide bonds. The fourth-order valence-corrected chi connectivity index (χ4v) is 4.47. The zero-order valence-corrected chi connectivity index (χ0v) is 14.1. The number of nitrogens with one attached hydrogen (secondary N) is 1. The van der Waals surface area contributed by atoms with Gasteiger partial charge in [-0.2, -0.15) is 0 Å². The van der Waals surface area contributed by atoms with Gasteiger partial charge >= 0.3 is 0 Å². The van der Waals surface area contributed by atoms with E-state index in [2.05, 4.69) is 26.9 Å². The highest BCUT2D eigenvalue weighted by Gasteiger charge is 2.27. The summed E-state index contributed by atoms with van der Waals surface area (Å²) in [5.41, 5.74) is 1.58. The lowest BCUT2D eigenvalue weighted by molar-refractivity contribution is 0.390. The molecule has 1 atom stereocenters. The molecule has 23 heavy (non-hydrogen) atoms. The van der Waals surface area contributed by atoms with E-state index < -0.39 is 10.0 Å². The minimum atomic E-state index is -3.57. The van der Waals surface area contributed by atoms with Crippen LogP contribution in [-0.2, 0) is 10.0 Å². The normalized spacial score (nSPS) is 18.5. The number of anilines is 1. The predicted molar refractivity (Wildman–Crippen MR) is 87.9 cm³/mol. The van der Waals surface area contributed by atoms with Crippen molar-refractivity contribution in [1.29, 1.82) is 0 Å². The third-order valence-corrected chi connectivity index (χ3v) is 5.87. The number of sulfonamides is 1. The Balaban J connectivity index is 1.61. The van der Waals surface area contributed by atoms with E-state index >= 15 is 0 Å². The van der Waals surface area contributed by atoms with Crippen LogP contribution >= 0.6 is 0 Å². The molecule has 1 aromatic carbocycles. The molecule has 3 rings (SSSR count). The number of hydrogen-bond donors (Lipinski definition) is 1. The van der Waals surface area contributed by atoms with E-state index in [1.54, 1.807) is 13.8 Å².